The highest BCUT2D eigenvalue weighted by molar-refractivity contribution is 8.02. The van der Waals surface area contributed by atoms with Crippen LogP contribution < -0.4 is 14.9 Å². The second kappa shape index (κ2) is 13.8. The van der Waals surface area contributed by atoms with Gasteiger partial charge in [-0.2, -0.15) is 23.5 Å². The van der Waals surface area contributed by atoms with E-state index in [1.54, 1.807) is 0 Å². The highest BCUT2D eigenvalue weighted by atomic mass is 32.2. The van der Waals surface area contributed by atoms with Crippen LogP contribution in [0.15, 0.2) is 36.4 Å². The molecular weight excluding hydrogens is 519 g/mol. The summed E-state index contributed by atoms with van der Waals surface area (Å²) in [7, 11) is -0.454. The summed E-state index contributed by atoms with van der Waals surface area (Å²) in [6.45, 7) is 13.9. The average molecular weight is 561 g/mol. The molecule has 2 aliphatic rings. The minimum atomic E-state index is -0.454. The maximum Gasteiger partial charge on any atom is 0.495 e. The largest absolute Gasteiger partial charge is 0.495 e. The van der Waals surface area contributed by atoms with Gasteiger partial charge in [0.05, 0.1) is 37.6 Å². The quantitative estimate of drug-likeness (QED) is 0.463. The van der Waals surface area contributed by atoms with Crippen molar-refractivity contribution in [3.63, 3.8) is 0 Å². The van der Waals surface area contributed by atoms with E-state index in [0.717, 1.165) is 58.4 Å². The number of aryl methyl sites for hydroxylation is 1. The van der Waals surface area contributed by atoms with Crippen molar-refractivity contribution in [2.24, 2.45) is 0 Å². The van der Waals surface area contributed by atoms with Gasteiger partial charge in [-0.15, -0.1) is 0 Å². The smallest absolute Gasteiger partial charge is 0.487 e. The van der Waals surface area contributed by atoms with Crippen LogP contribution in [0.5, 0.6) is 11.5 Å². The van der Waals surface area contributed by atoms with E-state index in [9.17, 15) is 0 Å². The molecule has 1 saturated heterocycles. The van der Waals surface area contributed by atoms with Gasteiger partial charge in [0.1, 0.15) is 13.2 Å². The van der Waals surface area contributed by atoms with Crippen LogP contribution in [0.4, 0.5) is 0 Å². The molecule has 4 rings (SSSR count). The average Bonchev–Trinajstić information content (AvgIpc) is 3.10. The van der Waals surface area contributed by atoms with E-state index in [2.05, 4.69) is 58.9 Å². The van der Waals surface area contributed by atoms with Crippen molar-refractivity contribution in [3.8, 4) is 22.6 Å². The Morgan fingerprint density at radius 2 is 1.21 bits per heavy atom. The molecular formula is C29H41BO6S2. The number of hydrogen-bond donors (Lipinski definition) is 0. The van der Waals surface area contributed by atoms with E-state index in [0.29, 0.717) is 37.9 Å². The van der Waals surface area contributed by atoms with Crippen LogP contribution in [0, 0.1) is 6.92 Å². The molecule has 0 unspecified atom stereocenters. The van der Waals surface area contributed by atoms with Gasteiger partial charge in [0, 0.05) is 23.0 Å². The number of hydrogen-bond acceptors (Lipinski definition) is 8. The van der Waals surface area contributed by atoms with Gasteiger partial charge < -0.3 is 28.3 Å². The van der Waals surface area contributed by atoms with Crippen LogP contribution in [-0.4, -0.2) is 81.0 Å². The van der Waals surface area contributed by atoms with Gasteiger partial charge in [-0.25, -0.2) is 0 Å². The fourth-order valence-electron chi connectivity index (χ4n) is 4.28. The number of ether oxygens (including phenoxy) is 4. The summed E-state index contributed by atoms with van der Waals surface area (Å²) in [6.07, 6.45) is 0. The van der Waals surface area contributed by atoms with Crippen LogP contribution in [0.3, 0.4) is 0 Å². The van der Waals surface area contributed by atoms with Crippen molar-refractivity contribution >= 4 is 36.1 Å². The Hall–Kier alpha value is -1.36. The standard InChI is InChI=1S/C29H41BO6S2/c1-22-20-26-27(34-13-11-32-15-17-38-19-18-37-16-14-31-10-12-33-26)21-24(22)23-8-6-7-9-25(23)30-35-28(2,3)29(4,5)36-30/h6-9,20-21H,10-19H2,1-5H3. The topological polar surface area (TPSA) is 55.4 Å². The van der Waals surface area contributed by atoms with E-state index >= 15 is 0 Å². The Bertz CT molecular complexity index is 1030. The molecule has 208 valence electrons. The van der Waals surface area contributed by atoms with Crippen LogP contribution in [-0.2, 0) is 18.8 Å². The minimum Gasteiger partial charge on any atom is -0.487 e. The summed E-state index contributed by atoms with van der Waals surface area (Å²) in [5.74, 6) is 5.69. The summed E-state index contributed by atoms with van der Waals surface area (Å²) >= 11 is 3.86. The lowest BCUT2D eigenvalue weighted by Crippen LogP contribution is -2.41. The number of thioether (sulfide) groups is 2. The summed E-state index contributed by atoms with van der Waals surface area (Å²) in [6, 6.07) is 12.4. The minimum absolute atomic E-state index is 0.413. The second-order valence-corrected chi connectivity index (χ2v) is 12.9. The Labute approximate surface area is 237 Å². The predicted octanol–water partition coefficient (Wildman–Crippen LogP) is 5.23. The molecule has 0 amide bonds. The molecule has 0 atom stereocenters. The summed E-state index contributed by atoms with van der Waals surface area (Å²) in [4.78, 5) is 0. The van der Waals surface area contributed by atoms with Gasteiger partial charge in [0.15, 0.2) is 11.5 Å². The first-order valence-electron chi connectivity index (χ1n) is 13.4. The van der Waals surface area contributed by atoms with E-state index in [1.807, 2.05) is 35.7 Å². The van der Waals surface area contributed by atoms with E-state index in [-0.39, 0.29) is 0 Å². The number of rotatable bonds is 2. The maximum absolute atomic E-state index is 6.40. The van der Waals surface area contributed by atoms with Crippen molar-refractivity contribution in [1.82, 2.24) is 0 Å². The molecule has 38 heavy (non-hydrogen) atoms. The molecule has 0 saturated carbocycles. The fourth-order valence-corrected chi connectivity index (χ4v) is 6.10. The lowest BCUT2D eigenvalue weighted by Gasteiger charge is -2.32. The maximum atomic E-state index is 6.40. The van der Waals surface area contributed by atoms with Crippen molar-refractivity contribution in [2.75, 3.05) is 62.7 Å². The molecule has 0 aromatic heterocycles. The molecule has 0 aliphatic carbocycles. The van der Waals surface area contributed by atoms with E-state index in [4.69, 9.17) is 28.3 Å². The number of benzene rings is 2. The van der Waals surface area contributed by atoms with Gasteiger partial charge in [-0.1, -0.05) is 24.3 Å². The fraction of sp³-hybridized carbons (Fsp3) is 0.586. The third-order valence-corrected chi connectivity index (χ3v) is 9.29. The zero-order valence-electron chi connectivity index (χ0n) is 23.4. The van der Waals surface area contributed by atoms with Gasteiger partial charge in [0.25, 0.3) is 0 Å². The molecule has 0 bridgehead atoms. The first-order valence-corrected chi connectivity index (χ1v) is 15.8. The molecule has 2 aromatic rings. The SMILES string of the molecule is Cc1cc2c(cc1-c1ccccc1B1OC(C)(C)C(C)(C)O1)OCCOCCSCCSCCOCCO2. The third kappa shape index (κ3) is 7.64. The molecule has 2 aromatic carbocycles. The van der Waals surface area contributed by atoms with Gasteiger partial charge in [-0.3, -0.25) is 0 Å². The predicted molar refractivity (Wildman–Crippen MR) is 160 cm³/mol. The lowest BCUT2D eigenvalue weighted by atomic mass is 9.74. The molecule has 2 heterocycles. The normalized spacial score (nSPS) is 21.4. The van der Waals surface area contributed by atoms with Crippen LogP contribution >= 0.6 is 23.5 Å². The summed E-state index contributed by atoms with van der Waals surface area (Å²) < 4.78 is 36.8. The van der Waals surface area contributed by atoms with Gasteiger partial charge in [0.2, 0.25) is 0 Å². The molecule has 9 heteroatoms. The Kier molecular flexibility index (Phi) is 10.8. The Balaban J connectivity index is 1.57. The lowest BCUT2D eigenvalue weighted by molar-refractivity contribution is 0.00578. The molecule has 0 spiro atoms. The van der Waals surface area contributed by atoms with Gasteiger partial charge >= 0.3 is 7.12 Å². The zero-order chi connectivity index (χ0) is 27.0. The van der Waals surface area contributed by atoms with Crippen LogP contribution in [0.1, 0.15) is 33.3 Å². The summed E-state index contributed by atoms with van der Waals surface area (Å²) in [5, 5.41) is 0. The van der Waals surface area contributed by atoms with Crippen molar-refractivity contribution in [1.29, 1.82) is 0 Å². The van der Waals surface area contributed by atoms with E-state index < -0.39 is 18.3 Å². The monoisotopic (exact) mass is 560 g/mol. The molecule has 1 fully saturated rings. The summed E-state index contributed by atoms with van der Waals surface area (Å²) in [5.41, 5.74) is 3.38. The Morgan fingerprint density at radius 1 is 0.658 bits per heavy atom. The second-order valence-electron chi connectivity index (χ2n) is 10.4. The van der Waals surface area contributed by atoms with Gasteiger partial charge in [-0.05, 0) is 68.9 Å². The molecule has 0 N–H and O–H groups in total. The first-order chi connectivity index (χ1) is 18.3. The van der Waals surface area contributed by atoms with Crippen LogP contribution in [0.25, 0.3) is 11.1 Å². The zero-order valence-corrected chi connectivity index (χ0v) is 25.0. The molecule has 2 aliphatic heterocycles. The Morgan fingerprint density at radius 3 is 1.82 bits per heavy atom. The third-order valence-electron chi connectivity index (χ3n) is 7.14. The molecule has 6 nitrogen and oxygen atoms in total. The number of fused-ring (bicyclic) bond motifs is 1. The molecule has 0 radical (unpaired) electrons. The highest BCUT2D eigenvalue weighted by Crippen LogP contribution is 2.39. The van der Waals surface area contributed by atoms with Crippen molar-refractivity contribution in [2.45, 2.75) is 45.8 Å². The first kappa shape index (κ1) is 29.6. The van der Waals surface area contributed by atoms with E-state index in [1.165, 1.54) is 0 Å². The van der Waals surface area contributed by atoms with Crippen molar-refractivity contribution in [3.05, 3.63) is 42.0 Å². The van der Waals surface area contributed by atoms with Crippen molar-refractivity contribution < 1.29 is 28.3 Å². The van der Waals surface area contributed by atoms with Crippen LogP contribution in [0.2, 0.25) is 0 Å². The highest BCUT2D eigenvalue weighted by Gasteiger charge is 2.52.